The van der Waals surface area contributed by atoms with Gasteiger partial charge in [-0.05, 0) is 48.0 Å². The second kappa shape index (κ2) is 9.11. The van der Waals surface area contributed by atoms with Crippen molar-refractivity contribution in [2.24, 2.45) is 0 Å². The Bertz CT molecular complexity index is 1190. The molecule has 162 valence electrons. The van der Waals surface area contributed by atoms with E-state index < -0.39 is 11.8 Å². The molecule has 3 aromatic rings. The smallest absolute Gasteiger partial charge is 0.278 e. The molecule has 0 spiro atoms. The SMILES string of the molecule is COc1ccc(C2=C(Nc3cc(Cl)ccc3OC)C(=O)N(Cc3ccccn3)C2=O)cc1. The van der Waals surface area contributed by atoms with E-state index in [4.69, 9.17) is 21.1 Å². The van der Waals surface area contributed by atoms with Crippen LogP contribution in [0.1, 0.15) is 11.3 Å². The average molecular weight is 450 g/mol. The predicted octanol–water partition coefficient (Wildman–Crippen LogP) is 4.14. The van der Waals surface area contributed by atoms with E-state index in [1.807, 2.05) is 0 Å². The summed E-state index contributed by atoms with van der Waals surface area (Å²) < 4.78 is 10.6. The lowest BCUT2D eigenvalue weighted by atomic mass is 10.0. The molecule has 2 aromatic carbocycles. The predicted molar refractivity (Wildman–Crippen MR) is 121 cm³/mol. The van der Waals surface area contributed by atoms with Crippen molar-refractivity contribution in [2.75, 3.05) is 19.5 Å². The van der Waals surface area contributed by atoms with Crippen LogP contribution in [0.25, 0.3) is 5.57 Å². The fraction of sp³-hybridized carbons (Fsp3) is 0.125. The summed E-state index contributed by atoms with van der Waals surface area (Å²) >= 11 is 6.15. The Morgan fingerprint density at radius 2 is 1.75 bits per heavy atom. The number of hydrogen-bond acceptors (Lipinski definition) is 6. The molecule has 8 heteroatoms. The van der Waals surface area contributed by atoms with E-state index in [1.165, 1.54) is 12.0 Å². The minimum absolute atomic E-state index is 0.0516. The van der Waals surface area contributed by atoms with E-state index in [2.05, 4.69) is 10.3 Å². The number of carbonyl (C=O) groups excluding carboxylic acids is 2. The van der Waals surface area contributed by atoms with Crippen LogP contribution in [-0.4, -0.2) is 35.9 Å². The van der Waals surface area contributed by atoms with Crippen molar-refractivity contribution in [3.05, 3.63) is 88.8 Å². The molecule has 1 N–H and O–H groups in total. The molecule has 4 rings (SSSR count). The number of aromatic nitrogens is 1. The first-order valence-corrected chi connectivity index (χ1v) is 10.1. The highest BCUT2D eigenvalue weighted by Crippen LogP contribution is 2.35. The lowest BCUT2D eigenvalue weighted by Crippen LogP contribution is -2.32. The number of benzene rings is 2. The van der Waals surface area contributed by atoms with Gasteiger partial charge in [0.1, 0.15) is 17.2 Å². The first-order chi connectivity index (χ1) is 15.5. The largest absolute Gasteiger partial charge is 0.497 e. The summed E-state index contributed by atoms with van der Waals surface area (Å²) in [6.07, 6.45) is 1.62. The van der Waals surface area contributed by atoms with Crippen LogP contribution in [0.5, 0.6) is 11.5 Å². The van der Waals surface area contributed by atoms with E-state index in [0.29, 0.717) is 33.5 Å². The van der Waals surface area contributed by atoms with Crippen LogP contribution in [0.15, 0.2) is 72.6 Å². The number of nitrogens with one attached hydrogen (secondary N) is 1. The summed E-state index contributed by atoms with van der Waals surface area (Å²) in [5.74, 6) is 0.240. The maximum Gasteiger partial charge on any atom is 0.278 e. The van der Waals surface area contributed by atoms with Gasteiger partial charge in [0.25, 0.3) is 11.8 Å². The Balaban J connectivity index is 1.78. The zero-order chi connectivity index (χ0) is 22.7. The van der Waals surface area contributed by atoms with Crippen LogP contribution >= 0.6 is 11.6 Å². The number of ether oxygens (including phenoxy) is 2. The molecular formula is C24H20ClN3O4. The summed E-state index contributed by atoms with van der Waals surface area (Å²) in [7, 11) is 3.08. The molecule has 2 heterocycles. The molecule has 0 saturated carbocycles. The number of halogens is 1. The van der Waals surface area contributed by atoms with E-state index in [1.54, 1.807) is 74.0 Å². The minimum atomic E-state index is -0.464. The third kappa shape index (κ3) is 4.15. The topological polar surface area (TPSA) is 80.8 Å². The number of imide groups is 1. The standard InChI is InChI=1S/C24H20ClN3O4/c1-31-18-9-6-15(7-10-18)21-22(27-19-13-16(25)8-11-20(19)32-2)24(30)28(23(21)29)14-17-5-3-4-12-26-17/h3-13,27H,14H2,1-2H3. The lowest BCUT2D eigenvalue weighted by molar-refractivity contribution is -0.137. The highest BCUT2D eigenvalue weighted by Gasteiger charge is 2.39. The Kier molecular flexibility index (Phi) is 6.09. The number of anilines is 1. The molecule has 0 bridgehead atoms. The molecule has 1 aliphatic heterocycles. The third-order valence-corrected chi connectivity index (χ3v) is 5.25. The molecule has 0 unspecified atom stereocenters. The monoisotopic (exact) mass is 449 g/mol. The first kappa shape index (κ1) is 21.4. The van der Waals surface area contributed by atoms with E-state index >= 15 is 0 Å². The number of nitrogens with zero attached hydrogens (tertiary/aromatic N) is 2. The Labute approximate surface area is 190 Å². The van der Waals surface area contributed by atoms with Crippen molar-refractivity contribution in [3.63, 3.8) is 0 Å². The Morgan fingerprint density at radius 3 is 2.41 bits per heavy atom. The van der Waals surface area contributed by atoms with Crippen LogP contribution in [0.3, 0.4) is 0 Å². The molecule has 0 fully saturated rings. The molecule has 0 saturated heterocycles. The zero-order valence-corrected chi connectivity index (χ0v) is 18.2. The number of rotatable bonds is 7. The number of hydrogen-bond donors (Lipinski definition) is 1. The third-order valence-electron chi connectivity index (χ3n) is 5.01. The number of amides is 2. The number of pyridine rings is 1. The maximum absolute atomic E-state index is 13.4. The van der Waals surface area contributed by atoms with Gasteiger partial charge in [-0.2, -0.15) is 0 Å². The number of methoxy groups -OCH3 is 2. The van der Waals surface area contributed by atoms with Gasteiger partial charge in [-0.25, -0.2) is 0 Å². The average Bonchev–Trinajstić information content (AvgIpc) is 3.04. The van der Waals surface area contributed by atoms with Gasteiger partial charge in [0, 0.05) is 11.2 Å². The quantitative estimate of drug-likeness (QED) is 0.546. The van der Waals surface area contributed by atoms with E-state index in [-0.39, 0.29) is 17.8 Å². The molecule has 0 aliphatic carbocycles. The highest BCUT2D eigenvalue weighted by atomic mass is 35.5. The van der Waals surface area contributed by atoms with Gasteiger partial charge < -0.3 is 14.8 Å². The van der Waals surface area contributed by atoms with Crippen molar-refractivity contribution in [2.45, 2.75) is 6.54 Å². The molecule has 7 nitrogen and oxygen atoms in total. The van der Waals surface area contributed by atoms with Gasteiger partial charge in [0.15, 0.2) is 0 Å². The van der Waals surface area contributed by atoms with Gasteiger partial charge in [-0.15, -0.1) is 0 Å². The fourth-order valence-corrected chi connectivity index (χ4v) is 3.60. The van der Waals surface area contributed by atoms with Gasteiger partial charge in [0.05, 0.1) is 37.7 Å². The fourth-order valence-electron chi connectivity index (χ4n) is 3.43. The van der Waals surface area contributed by atoms with Gasteiger partial charge in [0.2, 0.25) is 0 Å². The van der Waals surface area contributed by atoms with Crippen LogP contribution in [-0.2, 0) is 16.1 Å². The van der Waals surface area contributed by atoms with Crippen molar-refractivity contribution >= 4 is 34.7 Å². The summed E-state index contributed by atoms with van der Waals surface area (Å²) in [5, 5.41) is 3.54. The van der Waals surface area contributed by atoms with Crippen molar-refractivity contribution in [1.82, 2.24) is 9.88 Å². The van der Waals surface area contributed by atoms with Crippen molar-refractivity contribution in [3.8, 4) is 11.5 Å². The highest BCUT2D eigenvalue weighted by molar-refractivity contribution is 6.36. The molecule has 2 amide bonds. The first-order valence-electron chi connectivity index (χ1n) is 9.77. The van der Waals surface area contributed by atoms with Gasteiger partial charge >= 0.3 is 0 Å². The van der Waals surface area contributed by atoms with Crippen LogP contribution in [0.2, 0.25) is 5.02 Å². The van der Waals surface area contributed by atoms with E-state index in [9.17, 15) is 9.59 Å². The molecule has 32 heavy (non-hydrogen) atoms. The van der Waals surface area contributed by atoms with Crippen LogP contribution < -0.4 is 14.8 Å². The second-order valence-corrected chi connectivity index (χ2v) is 7.40. The summed E-state index contributed by atoms with van der Waals surface area (Å²) in [6, 6.07) is 17.3. The molecule has 1 aromatic heterocycles. The minimum Gasteiger partial charge on any atom is -0.497 e. The molecule has 0 atom stereocenters. The van der Waals surface area contributed by atoms with E-state index in [0.717, 1.165) is 0 Å². The maximum atomic E-state index is 13.4. The lowest BCUT2D eigenvalue weighted by Gasteiger charge is -2.15. The van der Waals surface area contributed by atoms with Gasteiger partial charge in [-0.3, -0.25) is 19.5 Å². The van der Waals surface area contributed by atoms with Crippen LogP contribution in [0.4, 0.5) is 5.69 Å². The normalized spacial score (nSPS) is 13.5. The van der Waals surface area contributed by atoms with Crippen LogP contribution in [0, 0.1) is 0 Å². The second-order valence-electron chi connectivity index (χ2n) is 6.97. The van der Waals surface area contributed by atoms with Crippen molar-refractivity contribution < 1.29 is 19.1 Å². The Morgan fingerprint density at radius 1 is 0.969 bits per heavy atom. The van der Waals surface area contributed by atoms with Gasteiger partial charge in [-0.1, -0.05) is 29.8 Å². The molecule has 1 aliphatic rings. The van der Waals surface area contributed by atoms with Crippen molar-refractivity contribution in [1.29, 1.82) is 0 Å². The summed E-state index contributed by atoms with van der Waals surface area (Å²) in [4.78, 5) is 32.2. The Hall–Kier alpha value is -3.84. The number of carbonyl (C=O) groups is 2. The summed E-state index contributed by atoms with van der Waals surface area (Å²) in [5.41, 5.74) is 2.04. The zero-order valence-electron chi connectivity index (χ0n) is 17.5. The summed E-state index contributed by atoms with van der Waals surface area (Å²) in [6.45, 7) is 0.0516. The molecule has 0 radical (unpaired) electrons. The molecular weight excluding hydrogens is 430 g/mol.